The molecule has 0 unspecified atom stereocenters. The molecule has 9 heteroatoms. The molecule has 0 bridgehead atoms. The quantitative estimate of drug-likeness (QED) is 0.762. The topological polar surface area (TPSA) is 91.8 Å². The van der Waals surface area contributed by atoms with E-state index >= 15 is 0 Å². The zero-order chi connectivity index (χ0) is 21.8. The lowest BCUT2D eigenvalue weighted by Gasteiger charge is -2.31. The molecule has 0 atom stereocenters. The predicted octanol–water partition coefficient (Wildman–Crippen LogP) is 2.65. The summed E-state index contributed by atoms with van der Waals surface area (Å²) < 4.78 is 33.0. The van der Waals surface area contributed by atoms with E-state index in [9.17, 15) is 13.2 Å². The molecular formula is C22H28N4O4S. The van der Waals surface area contributed by atoms with E-state index < -0.39 is 10.0 Å². The molecule has 2 aliphatic rings. The number of anilines is 2. The van der Waals surface area contributed by atoms with Crippen molar-refractivity contribution in [3.8, 4) is 0 Å². The number of carbonyl (C=O) groups is 1. The molecular weight excluding hydrogens is 416 g/mol. The third kappa shape index (κ3) is 4.89. The van der Waals surface area contributed by atoms with Crippen LogP contribution in [0.15, 0.2) is 41.3 Å². The van der Waals surface area contributed by atoms with Gasteiger partial charge < -0.3 is 15.0 Å². The number of nitrogens with zero attached hydrogens (tertiary/aromatic N) is 3. The van der Waals surface area contributed by atoms with Gasteiger partial charge in [0.25, 0.3) is 5.91 Å². The normalized spacial score (nSPS) is 18.0. The van der Waals surface area contributed by atoms with Crippen molar-refractivity contribution in [3.63, 3.8) is 0 Å². The Balaban J connectivity index is 1.68. The molecule has 166 valence electrons. The molecule has 3 heterocycles. The Kier molecular flexibility index (Phi) is 6.54. The molecule has 0 saturated carbocycles. The van der Waals surface area contributed by atoms with Gasteiger partial charge in [-0.15, -0.1) is 0 Å². The standard InChI is InChI=1S/C22H28N4O4S/c1-17-6-5-7-19(23-17)22(27)24-20-16-18(31(28,29)26-12-14-30-15-13-26)8-9-21(20)25-10-3-2-4-11-25/h5-9,16H,2-4,10-15H2,1H3,(H,24,27). The van der Waals surface area contributed by atoms with Gasteiger partial charge in [-0.3, -0.25) is 4.79 Å². The summed E-state index contributed by atoms with van der Waals surface area (Å²) in [6, 6.07) is 10.3. The zero-order valence-corrected chi connectivity index (χ0v) is 18.5. The molecule has 2 saturated heterocycles. The number of ether oxygens (including phenoxy) is 1. The second-order valence-corrected chi connectivity index (χ2v) is 9.80. The van der Waals surface area contributed by atoms with Crippen LogP contribution in [0.2, 0.25) is 0 Å². The molecule has 1 N–H and O–H groups in total. The van der Waals surface area contributed by atoms with Crippen molar-refractivity contribution in [3.05, 3.63) is 47.8 Å². The number of sulfonamides is 1. The van der Waals surface area contributed by atoms with Crippen LogP contribution in [0.5, 0.6) is 0 Å². The number of morpholine rings is 1. The van der Waals surface area contributed by atoms with Crippen LogP contribution in [0.4, 0.5) is 11.4 Å². The minimum Gasteiger partial charge on any atom is -0.379 e. The fourth-order valence-electron chi connectivity index (χ4n) is 3.98. The van der Waals surface area contributed by atoms with Gasteiger partial charge in [0.15, 0.2) is 0 Å². The van der Waals surface area contributed by atoms with E-state index in [0.717, 1.165) is 37.3 Å². The van der Waals surface area contributed by atoms with E-state index in [1.807, 2.05) is 13.0 Å². The molecule has 2 aliphatic heterocycles. The number of carbonyl (C=O) groups excluding carboxylic acids is 1. The van der Waals surface area contributed by atoms with E-state index in [1.165, 1.54) is 10.7 Å². The van der Waals surface area contributed by atoms with Gasteiger partial charge in [0.05, 0.1) is 29.5 Å². The van der Waals surface area contributed by atoms with Gasteiger partial charge >= 0.3 is 0 Å². The average Bonchev–Trinajstić information content (AvgIpc) is 2.80. The molecule has 31 heavy (non-hydrogen) atoms. The largest absolute Gasteiger partial charge is 0.379 e. The number of aromatic nitrogens is 1. The van der Waals surface area contributed by atoms with Crippen LogP contribution in [0.1, 0.15) is 35.4 Å². The van der Waals surface area contributed by atoms with Gasteiger partial charge in [-0.1, -0.05) is 6.07 Å². The maximum atomic E-state index is 13.2. The van der Waals surface area contributed by atoms with Crippen molar-refractivity contribution in [1.82, 2.24) is 9.29 Å². The van der Waals surface area contributed by atoms with E-state index in [-0.39, 0.29) is 10.8 Å². The van der Waals surface area contributed by atoms with Crippen LogP contribution < -0.4 is 10.2 Å². The third-order valence-corrected chi connectivity index (χ3v) is 7.54. The molecule has 8 nitrogen and oxygen atoms in total. The first-order chi connectivity index (χ1) is 14.9. The maximum absolute atomic E-state index is 13.2. The highest BCUT2D eigenvalue weighted by molar-refractivity contribution is 7.89. The molecule has 4 rings (SSSR count). The van der Waals surface area contributed by atoms with Crippen molar-refractivity contribution in [1.29, 1.82) is 0 Å². The predicted molar refractivity (Wildman–Crippen MR) is 119 cm³/mol. The molecule has 2 fully saturated rings. The van der Waals surface area contributed by atoms with E-state index in [0.29, 0.717) is 37.7 Å². The highest BCUT2D eigenvalue weighted by Gasteiger charge is 2.28. The molecule has 2 aromatic rings. The van der Waals surface area contributed by atoms with Crippen molar-refractivity contribution in [2.45, 2.75) is 31.1 Å². The first-order valence-corrected chi connectivity index (χ1v) is 12.1. The summed E-state index contributed by atoms with van der Waals surface area (Å²) in [5.74, 6) is -0.358. The van der Waals surface area contributed by atoms with Crippen LogP contribution in [-0.2, 0) is 14.8 Å². The molecule has 0 radical (unpaired) electrons. The van der Waals surface area contributed by atoms with Crippen molar-refractivity contribution < 1.29 is 17.9 Å². The lowest BCUT2D eigenvalue weighted by atomic mass is 10.1. The fourth-order valence-corrected chi connectivity index (χ4v) is 5.41. The molecule has 1 amide bonds. The Morgan fingerprint density at radius 3 is 2.48 bits per heavy atom. The molecule has 0 aliphatic carbocycles. The summed E-state index contributed by atoms with van der Waals surface area (Å²) in [5, 5.41) is 2.92. The zero-order valence-electron chi connectivity index (χ0n) is 17.7. The molecule has 0 spiro atoms. The average molecular weight is 445 g/mol. The molecule has 1 aromatic heterocycles. The summed E-state index contributed by atoms with van der Waals surface area (Å²) in [6.07, 6.45) is 3.32. The van der Waals surface area contributed by atoms with Crippen molar-refractivity contribution in [2.75, 3.05) is 49.6 Å². The Hall–Kier alpha value is -2.49. The van der Waals surface area contributed by atoms with Crippen LogP contribution in [0, 0.1) is 6.92 Å². The maximum Gasteiger partial charge on any atom is 0.274 e. The highest BCUT2D eigenvalue weighted by Crippen LogP contribution is 2.32. The van der Waals surface area contributed by atoms with Gasteiger partial charge in [-0.05, 0) is 56.5 Å². The van der Waals surface area contributed by atoms with E-state index in [2.05, 4.69) is 15.2 Å². The van der Waals surface area contributed by atoms with Crippen LogP contribution >= 0.6 is 0 Å². The number of aryl methyl sites for hydroxylation is 1. The minimum atomic E-state index is -3.67. The first kappa shape index (κ1) is 21.7. The van der Waals surface area contributed by atoms with Crippen molar-refractivity contribution in [2.24, 2.45) is 0 Å². The summed E-state index contributed by atoms with van der Waals surface area (Å²) >= 11 is 0. The van der Waals surface area contributed by atoms with Gasteiger partial charge in [0, 0.05) is 31.9 Å². The second-order valence-electron chi connectivity index (χ2n) is 7.86. The number of benzene rings is 1. The lowest BCUT2D eigenvalue weighted by Crippen LogP contribution is -2.40. The Bertz CT molecular complexity index is 1050. The van der Waals surface area contributed by atoms with Gasteiger partial charge in [-0.2, -0.15) is 4.31 Å². The minimum absolute atomic E-state index is 0.169. The van der Waals surface area contributed by atoms with Crippen LogP contribution in [0.25, 0.3) is 0 Å². The lowest BCUT2D eigenvalue weighted by molar-refractivity contribution is 0.0730. The smallest absolute Gasteiger partial charge is 0.274 e. The Morgan fingerprint density at radius 2 is 1.77 bits per heavy atom. The monoisotopic (exact) mass is 444 g/mol. The summed E-state index contributed by atoms with van der Waals surface area (Å²) in [6.45, 7) is 4.99. The fraction of sp³-hybridized carbons (Fsp3) is 0.455. The summed E-state index contributed by atoms with van der Waals surface area (Å²) in [4.78, 5) is 19.6. The number of amides is 1. The summed E-state index contributed by atoms with van der Waals surface area (Å²) in [7, 11) is -3.67. The van der Waals surface area contributed by atoms with Crippen molar-refractivity contribution >= 4 is 27.3 Å². The molecule has 1 aromatic carbocycles. The highest BCUT2D eigenvalue weighted by atomic mass is 32.2. The second kappa shape index (κ2) is 9.33. The van der Waals surface area contributed by atoms with E-state index in [1.54, 1.807) is 30.3 Å². The first-order valence-electron chi connectivity index (χ1n) is 10.7. The number of pyridine rings is 1. The summed E-state index contributed by atoms with van der Waals surface area (Å²) in [5.41, 5.74) is 2.37. The van der Waals surface area contributed by atoms with E-state index in [4.69, 9.17) is 4.74 Å². The van der Waals surface area contributed by atoms with Crippen LogP contribution in [0.3, 0.4) is 0 Å². The van der Waals surface area contributed by atoms with Gasteiger partial charge in [0.2, 0.25) is 10.0 Å². The SMILES string of the molecule is Cc1cccc(C(=O)Nc2cc(S(=O)(=O)N3CCOCC3)ccc2N2CCCCC2)n1. The Morgan fingerprint density at radius 1 is 1.03 bits per heavy atom. The number of rotatable bonds is 5. The number of hydrogen-bond acceptors (Lipinski definition) is 6. The number of piperidine rings is 1. The number of nitrogens with one attached hydrogen (secondary N) is 1. The third-order valence-electron chi connectivity index (χ3n) is 5.64. The van der Waals surface area contributed by atoms with Gasteiger partial charge in [-0.25, -0.2) is 13.4 Å². The van der Waals surface area contributed by atoms with Crippen LogP contribution in [-0.4, -0.2) is 63.0 Å². The van der Waals surface area contributed by atoms with Gasteiger partial charge in [0.1, 0.15) is 5.69 Å². The Labute approximate surface area is 183 Å². The number of hydrogen-bond donors (Lipinski definition) is 1.